The molecule has 6 heteroatoms. The van der Waals surface area contributed by atoms with Gasteiger partial charge in [0.05, 0.1) is 15.8 Å². The first-order chi connectivity index (χ1) is 8.58. The number of imidazole rings is 1. The number of benzene rings is 1. The lowest BCUT2D eigenvalue weighted by molar-refractivity contribution is 0.622. The average Bonchev–Trinajstić information content (AvgIpc) is 2.72. The van der Waals surface area contributed by atoms with Gasteiger partial charge in [-0.25, -0.2) is 9.37 Å². The van der Waals surface area contributed by atoms with Crippen molar-refractivity contribution in [1.29, 1.82) is 0 Å². The average molecular weight is 313 g/mol. The number of hydrogen-bond acceptors (Lipinski definition) is 3. The topological polar surface area (TPSA) is 55.9 Å². The van der Waals surface area contributed by atoms with Crippen molar-refractivity contribution in [2.45, 2.75) is 6.42 Å². The van der Waals surface area contributed by atoms with Gasteiger partial charge >= 0.3 is 0 Å². The number of nitrogen functional groups attached to an aromatic ring is 1. The van der Waals surface area contributed by atoms with Gasteiger partial charge in [0.25, 0.3) is 0 Å². The summed E-state index contributed by atoms with van der Waals surface area (Å²) in [6.07, 6.45) is 4.44. The van der Waals surface area contributed by atoms with Crippen molar-refractivity contribution in [3.8, 4) is 0 Å². The van der Waals surface area contributed by atoms with E-state index in [2.05, 4.69) is 26.2 Å². The first-order valence-electron chi connectivity index (χ1n) is 5.52. The fraction of sp³-hybridized carbons (Fsp3) is 0.250. The van der Waals surface area contributed by atoms with E-state index in [0.29, 0.717) is 16.7 Å². The second kappa shape index (κ2) is 5.39. The predicted molar refractivity (Wildman–Crippen MR) is 73.9 cm³/mol. The highest BCUT2D eigenvalue weighted by Gasteiger charge is 2.06. The summed E-state index contributed by atoms with van der Waals surface area (Å²) in [5.41, 5.74) is 6.85. The Kier molecular flexibility index (Phi) is 3.86. The SMILES string of the molecule is Cn1ccnc1CCNc1cc(Br)c(F)cc1N. The van der Waals surface area contributed by atoms with Gasteiger partial charge in [-0.1, -0.05) is 0 Å². The van der Waals surface area contributed by atoms with Gasteiger partial charge in [-0.15, -0.1) is 0 Å². The number of nitrogens with one attached hydrogen (secondary N) is 1. The molecule has 0 atom stereocenters. The number of nitrogens with zero attached hydrogens (tertiary/aromatic N) is 2. The standard InChI is InChI=1S/C12H14BrFN4/c1-18-5-4-17-12(18)2-3-16-11-6-8(13)9(14)7-10(11)15/h4-7,16H,2-3,15H2,1H3. The Morgan fingerprint density at radius 2 is 2.28 bits per heavy atom. The minimum absolute atomic E-state index is 0.359. The maximum atomic E-state index is 13.2. The zero-order chi connectivity index (χ0) is 13.1. The Balaban J connectivity index is 1.99. The summed E-state index contributed by atoms with van der Waals surface area (Å²) < 4.78 is 15.6. The quantitative estimate of drug-likeness (QED) is 0.853. The van der Waals surface area contributed by atoms with Crippen LogP contribution < -0.4 is 11.1 Å². The zero-order valence-corrected chi connectivity index (χ0v) is 11.5. The van der Waals surface area contributed by atoms with Gasteiger partial charge < -0.3 is 15.6 Å². The molecular formula is C12H14BrFN4. The number of aryl methyl sites for hydroxylation is 1. The fourth-order valence-corrected chi connectivity index (χ4v) is 2.01. The zero-order valence-electron chi connectivity index (χ0n) is 9.95. The first kappa shape index (κ1) is 12.9. The van der Waals surface area contributed by atoms with Crippen molar-refractivity contribution in [1.82, 2.24) is 9.55 Å². The summed E-state index contributed by atoms with van der Waals surface area (Å²) in [6, 6.07) is 2.94. The first-order valence-corrected chi connectivity index (χ1v) is 6.32. The summed E-state index contributed by atoms with van der Waals surface area (Å²) >= 11 is 3.14. The normalized spacial score (nSPS) is 10.6. The third-order valence-corrected chi connectivity index (χ3v) is 3.29. The molecule has 1 aromatic carbocycles. The van der Waals surface area contributed by atoms with Gasteiger partial charge in [-0.05, 0) is 22.0 Å². The molecule has 0 aliphatic heterocycles. The molecule has 2 aromatic rings. The Hall–Kier alpha value is -1.56. The van der Waals surface area contributed by atoms with Gasteiger partial charge in [0, 0.05) is 38.5 Å². The van der Waals surface area contributed by atoms with Crippen molar-refractivity contribution < 1.29 is 4.39 Å². The van der Waals surface area contributed by atoms with E-state index in [0.717, 1.165) is 17.9 Å². The van der Waals surface area contributed by atoms with E-state index in [-0.39, 0.29) is 5.82 Å². The van der Waals surface area contributed by atoms with Crippen LogP contribution in [0.1, 0.15) is 5.82 Å². The maximum absolute atomic E-state index is 13.2. The number of aromatic nitrogens is 2. The van der Waals surface area contributed by atoms with Crippen LogP contribution in [0.3, 0.4) is 0 Å². The number of nitrogens with two attached hydrogens (primary N) is 1. The van der Waals surface area contributed by atoms with Crippen molar-refractivity contribution in [2.24, 2.45) is 7.05 Å². The molecule has 0 saturated heterocycles. The molecule has 0 saturated carbocycles. The van der Waals surface area contributed by atoms with E-state index in [4.69, 9.17) is 5.73 Å². The van der Waals surface area contributed by atoms with E-state index >= 15 is 0 Å². The minimum atomic E-state index is -0.359. The summed E-state index contributed by atoms with van der Waals surface area (Å²) in [7, 11) is 1.95. The molecule has 0 aliphatic carbocycles. The molecular weight excluding hydrogens is 299 g/mol. The molecule has 4 nitrogen and oxygen atoms in total. The Bertz CT molecular complexity index is 553. The number of anilines is 2. The monoisotopic (exact) mass is 312 g/mol. The number of rotatable bonds is 4. The highest BCUT2D eigenvalue weighted by Crippen LogP contribution is 2.26. The summed E-state index contributed by atoms with van der Waals surface area (Å²) in [5, 5.41) is 3.17. The maximum Gasteiger partial charge on any atom is 0.139 e. The van der Waals surface area contributed by atoms with E-state index in [1.807, 2.05) is 17.8 Å². The van der Waals surface area contributed by atoms with Crippen LogP contribution in [0.2, 0.25) is 0 Å². The van der Waals surface area contributed by atoms with Crippen LogP contribution in [-0.2, 0) is 13.5 Å². The summed E-state index contributed by atoms with van der Waals surface area (Å²) in [6.45, 7) is 0.688. The van der Waals surface area contributed by atoms with Crippen molar-refractivity contribution in [3.05, 3.63) is 40.6 Å². The van der Waals surface area contributed by atoms with Crippen LogP contribution in [0.25, 0.3) is 0 Å². The minimum Gasteiger partial charge on any atom is -0.397 e. The number of hydrogen-bond donors (Lipinski definition) is 2. The lowest BCUT2D eigenvalue weighted by Gasteiger charge is -2.10. The van der Waals surface area contributed by atoms with Crippen LogP contribution in [0.5, 0.6) is 0 Å². The summed E-state index contributed by atoms with van der Waals surface area (Å²) in [5.74, 6) is 0.629. The highest BCUT2D eigenvalue weighted by atomic mass is 79.9. The smallest absolute Gasteiger partial charge is 0.139 e. The molecule has 18 heavy (non-hydrogen) atoms. The van der Waals surface area contributed by atoms with E-state index in [1.165, 1.54) is 6.07 Å². The second-order valence-electron chi connectivity index (χ2n) is 3.98. The molecule has 2 rings (SSSR count). The molecule has 0 fully saturated rings. The van der Waals surface area contributed by atoms with E-state index < -0.39 is 0 Å². The largest absolute Gasteiger partial charge is 0.397 e. The molecule has 1 heterocycles. The van der Waals surface area contributed by atoms with Gasteiger partial charge in [0.15, 0.2) is 0 Å². The fourth-order valence-electron chi connectivity index (χ4n) is 1.66. The van der Waals surface area contributed by atoms with E-state index in [1.54, 1.807) is 12.3 Å². The van der Waals surface area contributed by atoms with Crippen LogP contribution in [0.4, 0.5) is 15.8 Å². The molecule has 0 amide bonds. The van der Waals surface area contributed by atoms with Crippen LogP contribution in [0.15, 0.2) is 29.0 Å². The molecule has 96 valence electrons. The van der Waals surface area contributed by atoms with E-state index in [9.17, 15) is 4.39 Å². The molecule has 1 aromatic heterocycles. The van der Waals surface area contributed by atoms with Crippen LogP contribution in [-0.4, -0.2) is 16.1 Å². The van der Waals surface area contributed by atoms with Gasteiger partial charge in [-0.3, -0.25) is 0 Å². The molecule has 0 spiro atoms. The van der Waals surface area contributed by atoms with Gasteiger partial charge in [0.1, 0.15) is 11.6 Å². The lowest BCUT2D eigenvalue weighted by Crippen LogP contribution is -2.10. The van der Waals surface area contributed by atoms with Crippen molar-refractivity contribution in [3.63, 3.8) is 0 Å². The van der Waals surface area contributed by atoms with Gasteiger partial charge in [-0.2, -0.15) is 0 Å². The van der Waals surface area contributed by atoms with Crippen molar-refractivity contribution >= 4 is 27.3 Å². The summed E-state index contributed by atoms with van der Waals surface area (Å²) in [4.78, 5) is 4.22. The van der Waals surface area contributed by atoms with Crippen LogP contribution >= 0.6 is 15.9 Å². The van der Waals surface area contributed by atoms with Gasteiger partial charge in [0.2, 0.25) is 0 Å². The molecule has 0 aliphatic rings. The molecule has 0 unspecified atom stereocenters. The highest BCUT2D eigenvalue weighted by molar-refractivity contribution is 9.10. The Morgan fingerprint density at radius 3 is 2.94 bits per heavy atom. The molecule has 0 bridgehead atoms. The predicted octanol–water partition coefficient (Wildman–Crippen LogP) is 2.56. The number of halogens is 2. The van der Waals surface area contributed by atoms with Crippen molar-refractivity contribution in [2.75, 3.05) is 17.6 Å². The second-order valence-corrected chi connectivity index (χ2v) is 4.84. The third kappa shape index (κ3) is 2.81. The molecule has 0 radical (unpaired) electrons. The van der Waals surface area contributed by atoms with Crippen LogP contribution in [0, 0.1) is 5.82 Å². The third-order valence-electron chi connectivity index (χ3n) is 2.68. The Labute approximate surface area is 113 Å². The Morgan fingerprint density at radius 1 is 1.50 bits per heavy atom. The lowest BCUT2D eigenvalue weighted by atomic mass is 10.2. The molecule has 3 N–H and O–H groups in total.